The highest BCUT2D eigenvalue weighted by molar-refractivity contribution is 7.56. The van der Waals surface area contributed by atoms with E-state index in [9.17, 15) is 0 Å². The lowest BCUT2D eigenvalue weighted by Crippen LogP contribution is -2.48. The summed E-state index contributed by atoms with van der Waals surface area (Å²) in [4.78, 5) is 0. The second-order valence-corrected chi connectivity index (χ2v) is 21.9. The topological polar surface area (TPSA) is 21.3 Å². The first-order valence-corrected chi connectivity index (χ1v) is 19.4. The van der Waals surface area contributed by atoms with Crippen LogP contribution in [-0.2, 0) is 13.2 Å². The quantitative estimate of drug-likeness (QED) is 0.355. The van der Waals surface area contributed by atoms with E-state index in [1.807, 2.05) is 7.05 Å². The monoisotopic (exact) mass is 479 g/mol. The molecule has 5 heteroatoms. The molecular weight excluding hydrogens is 441 g/mol. The summed E-state index contributed by atoms with van der Waals surface area (Å²) in [6.07, 6.45) is 0. The van der Waals surface area contributed by atoms with Gasteiger partial charge in [0.2, 0.25) is 0 Å². The highest BCUT2D eigenvalue weighted by atomic mass is 31.1. The third-order valence-corrected chi connectivity index (χ3v) is 11.0. The van der Waals surface area contributed by atoms with Crippen molar-refractivity contribution < 1.29 is 4.74 Å². The van der Waals surface area contributed by atoms with E-state index in [0.717, 1.165) is 12.3 Å². The Balaban J connectivity index is 2.13. The van der Waals surface area contributed by atoms with Crippen LogP contribution in [-0.4, -0.2) is 23.2 Å². The van der Waals surface area contributed by atoms with Gasteiger partial charge in [-0.2, -0.15) is 0 Å². The lowest BCUT2D eigenvalue weighted by Gasteiger charge is -2.28. The molecule has 0 heterocycles. The number of nitrogens with one attached hydrogen (secondary N) is 1. The Morgan fingerprint density at radius 1 is 0.781 bits per heavy atom. The number of hydrogen-bond donors (Lipinski definition) is 1. The summed E-state index contributed by atoms with van der Waals surface area (Å²) in [7, 11) is -0.487. The summed E-state index contributed by atoms with van der Waals surface area (Å²) in [5.41, 5.74) is 2.59. The highest BCUT2D eigenvalue weighted by Crippen LogP contribution is 2.24. The first kappa shape index (κ1) is 24.9. The Kier molecular flexibility index (Phi) is 8.16. The Morgan fingerprint density at radius 2 is 1.44 bits per heavy atom. The van der Waals surface area contributed by atoms with Crippen LogP contribution in [0, 0.1) is 0 Å². The molecule has 1 atom stereocenters. The van der Waals surface area contributed by atoms with Gasteiger partial charge in [0.1, 0.15) is 12.4 Å². The molecular formula is C27H38NOPSi2. The molecule has 1 unspecified atom stereocenters. The average molecular weight is 480 g/mol. The van der Waals surface area contributed by atoms with E-state index < -0.39 is 16.1 Å². The Morgan fingerprint density at radius 3 is 2.06 bits per heavy atom. The van der Waals surface area contributed by atoms with E-state index in [1.165, 1.54) is 32.1 Å². The zero-order valence-corrected chi connectivity index (χ0v) is 23.7. The lowest BCUT2D eigenvalue weighted by molar-refractivity contribution is 0.311. The molecule has 0 fully saturated rings. The lowest BCUT2D eigenvalue weighted by atomic mass is 10.2. The molecule has 0 aliphatic carbocycles. The van der Waals surface area contributed by atoms with Crippen LogP contribution in [0.1, 0.15) is 11.1 Å². The van der Waals surface area contributed by atoms with Crippen molar-refractivity contribution in [3.05, 3.63) is 77.9 Å². The van der Waals surface area contributed by atoms with Crippen LogP contribution < -0.4 is 31.0 Å². The molecule has 3 rings (SSSR count). The number of ether oxygens (including phenoxy) is 1. The van der Waals surface area contributed by atoms with Crippen molar-refractivity contribution in [1.29, 1.82) is 0 Å². The SMILES string of the molecule is CNCc1ccccc1Pc1cc([Si](C)(C)C)cc([Si](C)(C)C)c1OCc1ccccc1. The van der Waals surface area contributed by atoms with Gasteiger partial charge in [0.15, 0.2) is 0 Å². The van der Waals surface area contributed by atoms with Crippen LogP contribution in [0.5, 0.6) is 5.75 Å². The van der Waals surface area contributed by atoms with E-state index in [2.05, 4.69) is 111 Å². The fourth-order valence-corrected chi connectivity index (χ4v) is 8.12. The zero-order valence-electron chi connectivity index (χ0n) is 20.7. The maximum atomic E-state index is 6.66. The van der Waals surface area contributed by atoms with E-state index in [0.29, 0.717) is 15.2 Å². The standard InChI is InChI=1S/C27H38NOPSi2/c1-28-19-22-15-11-12-16-24(22)30-25-17-23(31(2,3)4)18-26(32(5,6)7)27(25)29-20-21-13-9-8-10-14-21/h8-18,28,30H,19-20H2,1-7H3. The summed E-state index contributed by atoms with van der Waals surface area (Å²) in [6.45, 7) is 16.2. The minimum atomic E-state index is -1.61. The average Bonchev–Trinajstić information content (AvgIpc) is 2.73. The Hall–Kier alpha value is -1.72. The number of benzene rings is 3. The van der Waals surface area contributed by atoms with Gasteiger partial charge < -0.3 is 10.1 Å². The van der Waals surface area contributed by atoms with Crippen LogP contribution in [0.15, 0.2) is 66.7 Å². The maximum absolute atomic E-state index is 6.66. The summed E-state index contributed by atoms with van der Waals surface area (Å²) in [5.74, 6) is 1.13. The normalized spacial score (nSPS) is 12.5. The maximum Gasteiger partial charge on any atom is 0.126 e. The molecule has 0 saturated carbocycles. The molecule has 3 aromatic carbocycles. The van der Waals surface area contributed by atoms with Crippen molar-refractivity contribution in [2.75, 3.05) is 7.05 Å². The zero-order chi connectivity index (χ0) is 23.4. The minimum Gasteiger partial charge on any atom is -0.488 e. The highest BCUT2D eigenvalue weighted by Gasteiger charge is 2.28. The van der Waals surface area contributed by atoms with Gasteiger partial charge in [0.25, 0.3) is 0 Å². The Bertz CT molecular complexity index is 1040. The minimum absolute atomic E-state index is 0.582. The predicted octanol–water partition coefficient (Wildman–Crippen LogP) is 4.70. The second kappa shape index (κ2) is 10.5. The third-order valence-electron chi connectivity index (χ3n) is 5.64. The van der Waals surface area contributed by atoms with Gasteiger partial charge in [-0.15, -0.1) is 0 Å². The molecule has 0 aromatic heterocycles. The van der Waals surface area contributed by atoms with Crippen molar-refractivity contribution in [3.8, 4) is 5.75 Å². The van der Waals surface area contributed by atoms with E-state index in [1.54, 1.807) is 0 Å². The van der Waals surface area contributed by atoms with E-state index >= 15 is 0 Å². The Labute approximate surface area is 198 Å². The van der Waals surface area contributed by atoms with Crippen molar-refractivity contribution in [2.45, 2.75) is 52.4 Å². The van der Waals surface area contributed by atoms with Crippen molar-refractivity contribution in [3.63, 3.8) is 0 Å². The predicted molar refractivity (Wildman–Crippen MR) is 150 cm³/mol. The van der Waals surface area contributed by atoms with Crippen LogP contribution >= 0.6 is 8.58 Å². The second-order valence-electron chi connectivity index (χ2n) is 10.5. The molecule has 32 heavy (non-hydrogen) atoms. The first-order chi connectivity index (χ1) is 15.1. The first-order valence-electron chi connectivity index (χ1n) is 11.4. The van der Waals surface area contributed by atoms with Gasteiger partial charge in [-0.3, -0.25) is 0 Å². The summed E-state index contributed by atoms with van der Waals surface area (Å²) in [6, 6.07) is 24.3. The molecule has 0 radical (unpaired) electrons. The van der Waals surface area contributed by atoms with Gasteiger partial charge >= 0.3 is 0 Å². The third kappa shape index (κ3) is 6.42. The largest absolute Gasteiger partial charge is 0.488 e. The summed E-state index contributed by atoms with van der Waals surface area (Å²) < 4.78 is 6.66. The molecule has 3 aromatic rings. The molecule has 0 spiro atoms. The molecule has 0 aliphatic rings. The summed E-state index contributed by atoms with van der Waals surface area (Å²) >= 11 is 0. The molecule has 170 valence electrons. The molecule has 0 saturated heterocycles. The van der Waals surface area contributed by atoms with Crippen molar-refractivity contribution in [1.82, 2.24) is 5.32 Å². The van der Waals surface area contributed by atoms with Crippen LogP contribution in [0.25, 0.3) is 0 Å². The smallest absolute Gasteiger partial charge is 0.126 e. The molecule has 0 aliphatic heterocycles. The van der Waals surface area contributed by atoms with Crippen molar-refractivity contribution >= 4 is 45.7 Å². The van der Waals surface area contributed by atoms with E-state index in [-0.39, 0.29) is 0 Å². The van der Waals surface area contributed by atoms with Gasteiger partial charge in [-0.25, -0.2) is 0 Å². The molecule has 0 amide bonds. The fraction of sp³-hybridized carbons (Fsp3) is 0.333. The van der Waals surface area contributed by atoms with Crippen LogP contribution in [0.3, 0.4) is 0 Å². The molecule has 0 bridgehead atoms. The van der Waals surface area contributed by atoms with Crippen LogP contribution in [0.4, 0.5) is 0 Å². The number of rotatable bonds is 9. The van der Waals surface area contributed by atoms with Crippen molar-refractivity contribution in [2.24, 2.45) is 0 Å². The van der Waals surface area contributed by atoms with Gasteiger partial charge in [-0.1, -0.05) is 120 Å². The van der Waals surface area contributed by atoms with Crippen LogP contribution in [0.2, 0.25) is 39.3 Å². The van der Waals surface area contributed by atoms with Gasteiger partial charge in [0.05, 0.1) is 16.1 Å². The van der Waals surface area contributed by atoms with Gasteiger partial charge in [-0.05, 0) is 28.7 Å². The molecule has 2 nitrogen and oxygen atoms in total. The summed E-state index contributed by atoms with van der Waals surface area (Å²) in [5, 5.41) is 9.09. The fourth-order valence-electron chi connectivity index (χ4n) is 3.73. The molecule has 1 N–H and O–H groups in total. The number of hydrogen-bond acceptors (Lipinski definition) is 2. The van der Waals surface area contributed by atoms with Gasteiger partial charge in [0, 0.05) is 11.8 Å². The van der Waals surface area contributed by atoms with E-state index in [4.69, 9.17) is 4.74 Å².